The molecular formula is C6H7ClN4S. The van der Waals surface area contributed by atoms with Crippen molar-refractivity contribution in [1.82, 2.24) is 10.4 Å². The van der Waals surface area contributed by atoms with Crippen molar-refractivity contribution >= 4 is 34.7 Å². The quantitative estimate of drug-likeness (QED) is 0.359. The van der Waals surface area contributed by atoms with E-state index < -0.39 is 0 Å². The predicted molar refractivity (Wildman–Crippen MR) is 52.8 cm³/mol. The van der Waals surface area contributed by atoms with E-state index in [-0.39, 0.29) is 0 Å². The maximum atomic E-state index is 5.62. The number of anilines is 1. The van der Waals surface area contributed by atoms with E-state index in [9.17, 15) is 0 Å². The second-order valence-electron chi connectivity index (χ2n) is 1.96. The van der Waals surface area contributed by atoms with Crippen LogP contribution in [0.25, 0.3) is 0 Å². The van der Waals surface area contributed by atoms with Gasteiger partial charge in [0.25, 0.3) is 0 Å². The number of nitrogens with zero attached hydrogens (tertiary/aromatic N) is 1. The molecule has 6 heteroatoms. The number of nitrogens with two attached hydrogens (primary N) is 1. The van der Waals surface area contributed by atoms with E-state index in [1.807, 2.05) is 0 Å². The van der Waals surface area contributed by atoms with Crippen LogP contribution >= 0.6 is 23.8 Å². The normalized spacial score (nSPS) is 9.17. The van der Waals surface area contributed by atoms with E-state index in [1.165, 1.54) is 6.20 Å². The fourth-order valence-corrected chi connectivity index (χ4v) is 0.819. The summed E-state index contributed by atoms with van der Waals surface area (Å²) in [5.74, 6) is 5.64. The fraction of sp³-hybridized carbons (Fsp3) is 0. The van der Waals surface area contributed by atoms with Gasteiger partial charge in [-0.25, -0.2) is 10.8 Å². The first kappa shape index (κ1) is 9.18. The molecule has 0 spiro atoms. The molecule has 0 radical (unpaired) electrons. The van der Waals surface area contributed by atoms with Gasteiger partial charge >= 0.3 is 0 Å². The molecule has 1 aromatic rings. The molecular weight excluding hydrogens is 196 g/mol. The fourth-order valence-electron chi connectivity index (χ4n) is 0.602. The summed E-state index contributed by atoms with van der Waals surface area (Å²) in [6.07, 6.45) is 1.52. The van der Waals surface area contributed by atoms with Gasteiger partial charge in [-0.05, 0) is 24.4 Å². The molecule has 1 heterocycles. The predicted octanol–water partition coefficient (Wildman–Crippen LogP) is 0.895. The van der Waals surface area contributed by atoms with E-state index in [4.69, 9.17) is 29.7 Å². The molecule has 1 aromatic heterocycles. The molecule has 0 aromatic carbocycles. The van der Waals surface area contributed by atoms with Crippen LogP contribution in [-0.4, -0.2) is 10.1 Å². The highest BCUT2D eigenvalue weighted by Gasteiger charge is 1.95. The largest absolute Gasteiger partial charge is 0.316 e. The van der Waals surface area contributed by atoms with Gasteiger partial charge in [0, 0.05) is 6.20 Å². The van der Waals surface area contributed by atoms with Gasteiger partial charge in [-0.3, -0.25) is 0 Å². The number of aromatic nitrogens is 1. The Morgan fingerprint density at radius 1 is 1.58 bits per heavy atom. The SMILES string of the molecule is NNC(=S)Nc1ccc(Cl)cn1. The van der Waals surface area contributed by atoms with Crippen LogP contribution in [-0.2, 0) is 0 Å². The lowest BCUT2D eigenvalue weighted by Gasteiger charge is -2.04. The standard InChI is InChI=1S/C6H7ClN4S/c7-4-1-2-5(9-3-4)10-6(12)11-8/h1-3H,8H2,(H2,9,10,11,12). The summed E-state index contributed by atoms with van der Waals surface area (Å²) in [7, 11) is 0. The van der Waals surface area contributed by atoms with E-state index >= 15 is 0 Å². The van der Waals surface area contributed by atoms with Gasteiger partial charge < -0.3 is 10.7 Å². The third kappa shape index (κ3) is 2.61. The Kier molecular flexibility index (Phi) is 3.21. The smallest absolute Gasteiger partial charge is 0.186 e. The van der Waals surface area contributed by atoms with Gasteiger partial charge in [0.15, 0.2) is 5.11 Å². The van der Waals surface area contributed by atoms with Crippen LogP contribution in [0.4, 0.5) is 5.82 Å². The van der Waals surface area contributed by atoms with Crippen molar-refractivity contribution in [3.8, 4) is 0 Å². The van der Waals surface area contributed by atoms with Gasteiger partial charge in [0.2, 0.25) is 0 Å². The minimum atomic E-state index is 0.310. The minimum absolute atomic E-state index is 0.310. The zero-order valence-electron chi connectivity index (χ0n) is 6.04. The number of hydrazine groups is 1. The van der Waals surface area contributed by atoms with Crippen molar-refractivity contribution in [3.63, 3.8) is 0 Å². The molecule has 0 saturated carbocycles. The molecule has 0 amide bonds. The Morgan fingerprint density at radius 2 is 2.33 bits per heavy atom. The van der Waals surface area contributed by atoms with Crippen molar-refractivity contribution in [3.05, 3.63) is 23.4 Å². The second kappa shape index (κ2) is 4.20. The number of nitrogens with one attached hydrogen (secondary N) is 2. The van der Waals surface area contributed by atoms with Crippen LogP contribution < -0.4 is 16.6 Å². The van der Waals surface area contributed by atoms with Crippen LogP contribution in [0.5, 0.6) is 0 Å². The van der Waals surface area contributed by atoms with Crippen LogP contribution in [0, 0.1) is 0 Å². The highest BCUT2D eigenvalue weighted by Crippen LogP contribution is 2.08. The van der Waals surface area contributed by atoms with E-state index in [0.717, 1.165) is 0 Å². The van der Waals surface area contributed by atoms with E-state index in [0.29, 0.717) is 16.0 Å². The van der Waals surface area contributed by atoms with Crippen molar-refractivity contribution in [2.75, 3.05) is 5.32 Å². The highest BCUT2D eigenvalue weighted by molar-refractivity contribution is 7.80. The van der Waals surface area contributed by atoms with Gasteiger partial charge in [-0.2, -0.15) is 0 Å². The maximum Gasteiger partial charge on any atom is 0.186 e. The summed E-state index contributed by atoms with van der Waals surface area (Å²) in [6, 6.07) is 3.40. The first-order valence-corrected chi connectivity index (χ1v) is 3.90. The molecule has 64 valence electrons. The summed E-state index contributed by atoms with van der Waals surface area (Å²) >= 11 is 10.4. The molecule has 0 aliphatic heterocycles. The minimum Gasteiger partial charge on any atom is -0.316 e. The average Bonchev–Trinajstić information content (AvgIpc) is 2.09. The first-order valence-electron chi connectivity index (χ1n) is 3.11. The lowest BCUT2D eigenvalue weighted by Crippen LogP contribution is -2.34. The maximum absolute atomic E-state index is 5.62. The van der Waals surface area contributed by atoms with Crippen molar-refractivity contribution in [2.24, 2.45) is 5.84 Å². The third-order valence-corrected chi connectivity index (χ3v) is 1.54. The summed E-state index contributed by atoms with van der Waals surface area (Å²) in [5, 5.41) is 3.63. The molecule has 12 heavy (non-hydrogen) atoms. The molecule has 0 fully saturated rings. The topological polar surface area (TPSA) is 63.0 Å². The molecule has 0 aliphatic carbocycles. The Labute approximate surface area is 80.1 Å². The number of hydrogen-bond donors (Lipinski definition) is 3. The molecule has 0 bridgehead atoms. The van der Waals surface area contributed by atoms with Gasteiger partial charge in [0.1, 0.15) is 5.82 Å². The lowest BCUT2D eigenvalue weighted by atomic mass is 10.5. The summed E-state index contributed by atoms with van der Waals surface area (Å²) in [6.45, 7) is 0. The average molecular weight is 203 g/mol. The lowest BCUT2D eigenvalue weighted by molar-refractivity contribution is 1.04. The van der Waals surface area contributed by atoms with Crippen LogP contribution in [0.2, 0.25) is 5.02 Å². The van der Waals surface area contributed by atoms with Gasteiger partial charge in [0.05, 0.1) is 5.02 Å². The van der Waals surface area contributed by atoms with Gasteiger partial charge in [-0.1, -0.05) is 11.6 Å². The number of rotatable bonds is 1. The monoisotopic (exact) mass is 202 g/mol. The van der Waals surface area contributed by atoms with Crippen LogP contribution in [0.3, 0.4) is 0 Å². The zero-order chi connectivity index (χ0) is 8.97. The molecule has 1 rings (SSSR count). The van der Waals surface area contributed by atoms with Crippen molar-refractivity contribution in [2.45, 2.75) is 0 Å². The molecule has 0 aliphatic rings. The number of hydrogen-bond acceptors (Lipinski definition) is 3. The Bertz CT molecular complexity index is 273. The van der Waals surface area contributed by atoms with Crippen molar-refractivity contribution < 1.29 is 0 Å². The Balaban J connectivity index is 2.64. The molecule has 4 nitrogen and oxygen atoms in total. The highest BCUT2D eigenvalue weighted by atomic mass is 35.5. The molecule has 0 saturated heterocycles. The number of pyridine rings is 1. The molecule has 0 atom stereocenters. The molecule has 0 unspecified atom stereocenters. The van der Waals surface area contributed by atoms with Crippen LogP contribution in [0.1, 0.15) is 0 Å². The summed E-state index contributed by atoms with van der Waals surface area (Å²) in [5.41, 5.74) is 2.28. The summed E-state index contributed by atoms with van der Waals surface area (Å²) in [4.78, 5) is 3.94. The zero-order valence-corrected chi connectivity index (χ0v) is 7.62. The summed E-state index contributed by atoms with van der Waals surface area (Å²) < 4.78 is 0. The van der Waals surface area contributed by atoms with Crippen LogP contribution in [0.15, 0.2) is 18.3 Å². The third-order valence-electron chi connectivity index (χ3n) is 1.10. The van der Waals surface area contributed by atoms with Crippen molar-refractivity contribution in [1.29, 1.82) is 0 Å². The second-order valence-corrected chi connectivity index (χ2v) is 2.80. The van der Waals surface area contributed by atoms with E-state index in [1.54, 1.807) is 12.1 Å². The Hall–Kier alpha value is -0.910. The Morgan fingerprint density at radius 3 is 2.83 bits per heavy atom. The number of halogens is 1. The molecule has 4 N–H and O–H groups in total. The van der Waals surface area contributed by atoms with Gasteiger partial charge in [-0.15, -0.1) is 0 Å². The number of thiocarbonyl (C=S) groups is 1. The van der Waals surface area contributed by atoms with E-state index in [2.05, 4.69) is 15.7 Å². The first-order chi connectivity index (χ1) is 5.72.